The Morgan fingerprint density at radius 2 is 1.96 bits per heavy atom. The zero-order valence-corrected chi connectivity index (χ0v) is 14.1. The van der Waals surface area contributed by atoms with Crippen LogP contribution in [-0.2, 0) is 4.79 Å². The van der Waals surface area contributed by atoms with E-state index in [4.69, 9.17) is 11.6 Å². The average Bonchev–Trinajstić information content (AvgIpc) is 2.47. The number of nitrogens with zero attached hydrogens (tertiary/aromatic N) is 1. The smallest absolute Gasteiger partial charge is 0.292 e. The van der Waals surface area contributed by atoms with Crippen LogP contribution in [0.1, 0.15) is 39.5 Å². The molecule has 0 spiro atoms. The van der Waals surface area contributed by atoms with Crippen LogP contribution >= 0.6 is 11.6 Å². The van der Waals surface area contributed by atoms with Gasteiger partial charge >= 0.3 is 0 Å². The predicted octanol–water partition coefficient (Wildman–Crippen LogP) is 3.74. The molecule has 0 heterocycles. The Kier molecular flexibility index (Phi) is 5.82. The van der Waals surface area contributed by atoms with Gasteiger partial charge in [0.05, 0.1) is 4.92 Å². The number of hydrogen-bond donors (Lipinski definition) is 2. The molecule has 0 unspecified atom stereocenters. The topological polar surface area (TPSA) is 84.3 Å². The fourth-order valence-corrected chi connectivity index (χ4v) is 3.08. The zero-order valence-electron chi connectivity index (χ0n) is 13.3. The van der Waals surface area contributed by atoms with E-state index in [1.807, 2.05) is 13.8 Å². The quantitative estimate of drug-likeness (QED) is 0.632. The highest BCUT2D eigenvalue weighted by atomic mass is 35.5. The minimum atomic E-state index is -0.416. The number of carbonyl (C=O) groups is 1. The summed E-state index contributed by atoms with van der Waals surface area (Å²) in [6.07, 6.45) is 3.18. The van der Waals surface area contributed by atoms with Gasteiger partial charge in [-0.25, -0.2) is 0 Å². The second-order valence-electron chi connectivity index (χ2n) is 6.27. The third-order valence-electron chi connectivity index (χ3n) is 4.04. The number of rotatable bonds is 5. The second kappa shape index (κ2) is 7.64. The van der Waals surface area contributed by atoms with Gasteiger partial charge in [0.2, 0.25) is 5.91 Å². The van der Waals surface area contributed by atoms with E-state index in [1.165, 1.54) is 12.1 Å². The summed E-state index contributed by atoms with van der Waals surface area (Å²) in [5.41, 5.74) is 0.464. The first-order valence-electron chi connectivity index (χ1n) is 7.87. The Bertz CT molecular complexity index is 584. The number of benzene rings is 1. The number of anilines is 1. The van der Waals surface area contributed by atoms with Crippen molar-refractivity contribution >= 4 is 28.9 Å². The SMILES string of the molecule is CC(C)NC(=O)[C@H]1CC[C@@H](Nc2cc(Cl)ccc2[N+](=O)[O-])CC1. The van der Waals surface area contributed by atoms with Crippen LogP contribution in [0.15, 0.2) is 18.2 Å². The van der Waals surface area contributed by atoms with Crippen molar-refractivity contribution < 1.29 is 9.72 Å². The third kappa shape index (κ3) is 4.82. The van der Waals surface area contributed by atoms with E-state index in [-0.39, 0.29) is 29.6 Å². The predicted molar refractivity (Wildman–Crippen MR) is 90.8 cm³/mol. The van der Waals surface area contributed by atoms with Gasteiger partial charge in [-0.1, -0.05) is 11.6 Å². The van der Waals surface area contributed by atoms with Crippen LogP contribution in [-0.4, -0.2) is 22.9 Å². The summed E-state index contributed by atoms with van der Waals surface area (Å²) in [6.45, 7) is 3.90. The number of hydrogen-bond acceptors (Lipinski definition) is 4. The molecule has 0 atom stereocenters. The molecule has 126 valence electrons. The van der Waals surface area contributed by atoms with Gasteiger partial charge in [-0.05, 0) is 51.7 Å². The molecule has 1 saturated carbocycles. The van der Waals surface area contributed by atoms with Crippen molar-refractivity contribution in [2.24, 2.45) is 5.92 Å². The van der Waals surface area contributed by atoms with E-state index in [0.29, 0.717) is 10.7 Å². The Morgan fingerprint density at radius 1 is 1.30 bits per heavy atom. The lowest BCUT2D eigenvalue weighted by Crippen LogP contribution is -2.38. The van der Waals surface area contributed by atoms with Crippen molar-refractivity contribution in [3.8, 4) is 0 Å². The van der Waals surface area contributed by atoms with Crippen LogP contribution in [0.25, 0.3) is 0 Å². The van der Waals surface area contributed by atoms with Crippen LogP contribution < -0.4 is 10.6 Å². The fraction of sp³-hybridized carbons (Fsp3) is 0.562. The number of nitro groups is 1. The molecule has 0 bridgehead atoms. The Hall–Kier alpha value is -1.82. The normalized spacial score (nSPS) is 21.0. The van der Waals surface area contributed by atoms with Crippen LogP contribution in [0.2, 0.25) is 5.02 Å². The lowest BCUT2D eigenvalue weighted by Gasteiger charge is -2.29. The summed E-state index contributed by atoms with van der Waals surface area (Å²) in [5, 5.41) is 17.7. The lowest BCUT2D eigenvalue weighted by atomic mass is 9.85. The maximum absolute atomic E-state index is 12.0. The van der Waals surface area contributed by atoms with E-state index in [1.54, 1.807) is 6.07 Å². The summed E-state index contributed by atoms with van der Waals surface area (Å²) in [4.78, 5) is 22.7. The first-order chi connectivity index (χ1) is 10.9. The fourth-order valence-electron chi connectivity index (χ4n) is 2.91. The molecule has 23 heavy (non-hydrogen) atoms. The van der Waals surface area contributed by atoms with Crippen molar-refractivity contribution in [1.82, 2.24) is 5.32 Å². The highest BCUT2D eigenvalue weighted by molar-refractivity contribution is 6.31. The molecule has 0 aliphatic heterocycles. The van der Waals surface area contributed by atoms with Gasteiger partial charge in [0.25, 0.3) is 5.69 Å². The van der Waals surface area contributed by atoms with Gasteiger partial charge in [0.15, 0.2) is 0 Å². The molecule has 2 N–H and O–H groups in total. The standard InChI is InChI=1S/C16H22ClN3O3/c1-10(2)18-16(21)11-3-6-13(7-4-11)19-14-9-12(17)5-8-15(14)20(22)23/h5,8-11,13,19H,3-4,6-7H2,1-2H3,(H,18,21)/t11-,13+. The van der Waals surface area contributed by atoms with Gasteiger partial charge in [0.1, 0.15) is 5.69 Å². The van der Waals surface area contributed by atoms with E-state index in [2.05, 4.69) is 10.6 Å². The second-order valence-corrected chi connectivity index (χ2v) is 6.71. The number of carbonyl (C=O) groups excluding carboxylic acids is 1. The van der Waals surface area contributed by atoms with E-state index >= 15 is 0 Å². The summed E-state index contributed by atoms with van der Waals surface area (Å²) >= 11 is 5.94. The van der Waals surface area contributed by atoms with Crippen LogP contribution in [0.5, 0.6) is 0 Å². The molecule has 1 aromatic rings. The van der Waals surface area contributed by atoms with Crippen LogP contribution in [0, 0.1) is 16.0 Å². The number of nitro benzene ring substituents is 1. The number of amides is 1. The van der Waals surface area contributed by atoms with E-state index in [0.717, 1.165) is 25.7 Å². The first kappa shape index (κ1) is 17.5. The Labute approximate surface area is 140 Å². The monoisotopic (exact) mass is 339 g/mol. The highest BCUT2D eigenvalue weighted by Crippen LogP contribution is 2.32. The average molecular weight is 340 g/mol. The molecule has 0 radical (unpaired) electrons. The van der Waals surface area contributed by atoms with Crippen molar-refractivity contribution in [3.05, 3.63) is 33.3 Å². The Balaban J connectivity index is 1.96. The van der Waals surface area contributed by atoms with Gasteiger partial charge in [-0.15, -0.1) is 0 Å². The summed E-state index contributed by atoms with van der Waals surface area (Å²) in [6, 6.07) is 4.77. The maximum Gasteiger partial charge on any atom is 0.292 e. The van der Waals surface area contributed by atoms with E-state index in [9.17, 15) is 14.9 Å². The molecule has 1 aromatic carbocycles. The molecule has 0 aromatic heterocycles. The largest absolute Gasteiger partial charge is 0.377 e. The van der Waals surface area contributed by atoms with Crippen LogP contribution in [0.4, 0.5) is 11.4 Å². The molecule has 2 rings (SSSR count). The highest BCUT2D eigenvalue weighted by Gasteiger charge is 2.27. The minimum absolute atomic E-state index is 0.0223. The van der Waals surface area contributed by atoms with Gasteiger partial charge in [-0.3, -0.25) is 14.9 Å². The van der Waals surface area contributed by atoms with Crippen molar-refractivity contribution in [2.75, 3.05) is 5.32 Å². The summed E-state index contributed by atoms with van der Waals surface area (Å²) in [7, 11) is 0. The summed E-state index contributed by atoms with van der Waals surface area (Å²) < 4.78 is 0. The number of halogens is 1. The molecule has 1 aliphatic carbocycles. The Morgan fingerprint density at radius 3 is 2.52 bits per heavy atom. The van der Waals surface area contributed by atoms with Gasteiger partial charge < -0.3 is 10.6 Å². The third-order valence-corrected chi connectivity index (χ3v) is 4.28. The molecule has 6 nitrogen and oxygen atoms in total. The molecular weight excluding hydrogens is 318 g/mol. The molecular formula is C16H22ClN3O3. The zero-order chi connectivity index (χ0) is 17.0. The van der Waals surface area contributed by atoms with E-state index < -0.39 is 4.92 Å². The minimum Gasteiger partial charge on any atom is -0.377 e. The maximum atomic E-state index is 12.0. The summed E-state index contributed by atoms with van der Waals surface area (Å²) in [5.74, 6) is 0.136. The van der Waals surface area contributed by atoms with Gasteiger partial charge in [0, 0.05) is 29.1 Å². The van der Waals surface area contributed by atoms with Crippen molar-refractivity contribution in [2.45, 2.75) is 51.6 Å². The molecule has 0 saturated heterocycles. The van der Waals surface area contributed by atoms with Gasteiger partial charge in [-0.2, -0.15) is 0 Å². The lowest BCUT2D eigenvalue weighted by molar-refractivity contribution is -0.384. The molecule has 1 aliphatic rings. The van der Waals surface area contributed by atoms with Crippen LogP contribution in [0.3, 0.4) is 0 Å². The molecule has 1 amide bonds. The molecule has 1 fully saturated rings. The van der Waals surface area contributed by atoms with Crippen molar-refractivity contribution in [1.29, 1.82) is 0 Å². The van der Waals surface area contributed by atoms with Crippen molar-refractivity contribution in [3.63, 3.8) is 0 Å². The molecule has 7 heteroatoms. The first-order valence-corrected chi connectivity index (χ1v) is 8.25. The number of nitrogens with one attached hydrogen (secondary N) is 2.